The second-order valence-corrected chi connectivity index (χ2v) is 5.25. The number of urea groups is 1. The SMILES string of the molecule is COc1ccc(F)cc1NC(=O)Nc1cc(C)nc2ccccc12. The highest BCUT2D eigenvalue weighted by Crippen LogP contribution is 2.26. The Balaban J connectivity index is 1.87. The summed E-state index contributed by atoms with van der Waals surface area (Å²) in [5.41, 5.74) is 2.46. The largest absolute Gasteiger partial charge is 0.495 e. The molecule has 122 valence electrons. The lowest BCUT2D eigenvalue weighted by atomic mass is 10.1. The van der Waals surface area contributed by atoms with E-state index in [0.717, 1.165) is 16.6 Å². The predicted octanol–water partition coefficient (Wildman–Crippen LogP) is 4.33. The van der Waals surface area contributed by atoms with Crippen LogP contribution in [0.1, 0.15) is 5.69 Å². The van der Waals surface area contributed by atoms with Crippen LogP contribution in [0, 0.1) is 12.7 Å². The Morgan fingerprint density at radius 3 is 2.62 bits per heavy atom. The molecule has 3 aromatic rings. The molecule has 0 fully saturated rings. The summed E-state index contributed by atoms with van der Waals surface area (Å²) in [5, 5.41) is 6.20. The maximum atomic E-state index is 13.4. The van der Waals surface area contributed by atoms with Crippen LogP contribution >= 0.6 is 0 Å². The number of pyridine rings is 1. The predicted molar refractivity (Wildman–Crippen MR) is 92.1 cm³/mol. The highest BCUT2D eigenvalue weighted by Gasteiger charge is 2.11. The van der Waals surface area contributed by atoms with Gasteiger partial charge >= 0.3 is 6.03 Å². The summed E-state index contributed by atoms with van der Waals surface area (Å²) < 4.78 is 18.5. The van der Waals surface area contributed by atoms with E-state index in [2.05, 4.69) is 15.6 Å². The molecule has 5 nitrogen and oxygen atoms in total. The Hall–Kier alpha value is -3.15. The van der Waals surface area contributed by atoms with Crippen LogP contribution in [0.15, 0.2) is 48.5 Å². The van der Waals surface area contributed by atoms with Crippen LogP contribution in [0.5, 0.6) is 5.75 Å². The molecule has 6 heteroatoms. The van der Waals surface area contributed by atoms with Crippen LogP contribution in [-0.2, 0) is 0 Å². The van der Waals surface area contributed by atoms with Gasteiger partial charge in [0, 0.05) is 17.1 Å². The number of ether oxygens (including phenoxy) is 1. The van der Waals surface area contributed by atoms with E-state index in [1.807, 2.05) is 31.2 Å². The number of carbonyl (C=O) groups excluding carboxylic acids is 1. The van der Waals surface area contributed by atoms with Gasteiger partial charge in [0.2, 0.25) is 0 Å². The first-order valence-corrected chi connectivity index (χ1v) is 7.35. The van der Waals surface area contributed by atoms with E-state index in [4.69, 9.17) is 4.74 Å². The number of anilines is 2. The number of nitrogens with zero attached hydrogens (tertiary/aromatic N) is 1. The number of aryl methyl sites for hydroxylation is 1. The molecule has 2 N–H and O–H groups in total. The fourth-order valence-electron chi connectivity index (χ4n) is 2.46. The van der Waals surface area contributed by atoms with Crippen molar-refractivity contribution in [3.63, 3.8) is 0 Å². The van der Waals surface area contributed by atoms with Crippen LogP contribution in [0.25, 0.3) is 10.9 Å². The van der Waals surface area contributed by atoms with E-state index in [1.165, 1.54) is 25.3 Å². The third-order valence-corrected chi connectivity index (χ3v) is 3.50. The van der Waals surface area contributed by atoms with Crippen molar-refractivity contribution in [3.05, 3.63) is 60.0 Å². The fourth-order valence-corrected chi connectivity index (χ4v) is 2.46. The first kappa shape index (κ1) is 15.7. The van der Waals surface area contributed by atoms with Crippen molar-refractivity contribution in [2.75, 3.05) is 17.7 Å². The van der Waals surface area contributed by atoms with Gasteiger partial charge in [-0.2, -0.15) is 0 Å². The molecule has 0 bridgehead atoms. The van der Waals surface area contributed by atoms with Gasteiger partial charge in [-0.15, -0.1) is 0 Å². The number of benzene rings is 2. The zero-order valence-corrected chi connectivity index (χ0v) is 13.3. The summed E-state index contributed by atoms with van der Waals surface area (Å²) in [6.45, 7) is 1.85. The molecule has 0 aliphatic carbocycles. The Morgan fingerprint density at radius 2 is 1.83 bits per heavy atom. The molecule has 0 unspecified atom stereocenters. The summed E-state index contributed by atoms with van der Waals surface area (Å²) in [6, 6.07) is 12.7. The maximum absolute atomic E-state index is 13.4. The lowest BCUT2D eigenvalue weighted by molar-refractivity contribution is 0.262. The number of amides is 2. The van der Waals surface area contributed by atoms with Crippen LogP contribution in [0.4, 0.5) is 20.6 Å². The number of rotatable bonds is 3. The van der Waals surface area contributed by atoms with E-state index in [-0.39, 0.29) is 5.69 Å². The van der Waals surface area contributed by atoms with Crippen molar-refractivity contribution in [2.24, 2.45) is 0 Å². The first-order chi connectivity index (χ1) is 11.6. The molecule has 0 aliphatic rings. The zero-order chi connectivity index (χ0) is 17.1. The maximum Gasteiger partial charge on any atom is 0.323 e. The molecular formula is C18H16FN3O2. The van der Waals surface area contributed by atoms with Crippen molar-refractivity contribution in [1.82, 2.24) is 4.98 Å². The second-order valence-electron chi connectivity index (χ2n) is 5.25. The minimum absolute atomic E-state index is 0.255. The van der Waals surface area contributed by atoms with Crippen molar-refractivity contribution >= 4 is 28.3 Å². The van der Waals surface area contributed by atoms with E-state index in [0.29, 0.717) is 11.4 Å². The van der Waals surface area contributed by atoms with Gasteiger partial charge in [-0.3, -0.25) is 4.98 Å². The lowest BCUT2D eigenvalue weighted by Gasteiger charge is -2.13. The lowest BCUT2D eigenvalue weighted by Crippen LogP contribution is -2.20. The molecule has 1 aromatic heterocycles. The third-order valence-electron chi connectivity index (χ3n) is 3.50. The Kier molecular flexibility index (Phi) is 4.29. The topological polar surface area (TPSA) is 63.2 Å². The molecule has 0 atom stereocenters. The number of aromatic nitrogens is 1. The van der Waals surface area contributed by atoms with Crippen LogP contribution in [-0.4, -0.2) is 18.1 Å². The van der Waals surface area contributed by atoms with Gasteiger partial charge in [-0.05, 0) is 31.2 Å². The molecule has 1 heterocycles. The molecule has 0 saturated heterocycles. The van der Waals surface area contributed by atoms with Crippen LogP contribution in [0.2, 0.25) is 0 Å². The smallest absolute Gasteiger partial charge is 0.323 e. The molecule has 2 aromatic carbocycles. The van der Waals surface area contributed by atoms with E-state index >= 15 is 0 Å². The van der Waals surface area contributed by atoms with Gasteiger partial charge < -0.3 is 15.4 Å². The van der Waals surface area contributed by atoms with Crippen LogP contribution < -0.4 is 15.4 Å². The average Bonchev–Trinajstić information content (AvgIpc) is 2.55. The normalized spacial score (nSPS) is 10.5. The molecule has 0 radical (unpaired) electrons. The van der Waals surface area contributed by atoms with E-state index in [1.54, 1.807) is 6.07 Å². The number of hydrogen-bond acceptors (Lipinski definition) is 3. The van der Waals surface area contributed by atoms with Crippen molar-refractivity contribution in [1.29, 1.82) is 0 Å². The summed E-state index contributed by atoms with van der Waals surface area (Å²) in [7, 11) is 1.45. The number of halogens is 1. The number of methoxy groups -OCH3 is 1. The van der Waals surface area contributed by atoms with Gasteiger partial charge in [-0.1, -0.05) is 18.2 Å². The molecular weight excluding hydrogens is 309 g/mol. The van der Waals surface area contributed by atoms with E-state index < -0.39 is 11.8 Å². The number of hydrogen-bond donors (Lipinski definition) is 2. The van der Waals surface area contributed by atoms with E-state index in [9.17, 15) is 9.18 Å². The Morgan fingerprint density at radius 1 is 1.08 bits per heavy atom. The molecule has 24 heavy (non-hydrogen) atoms. The Labute approximate surface area is 138 Å². The summed E-state index contributed by atoms with van der Waals surface area (Å²) in [6.07, 6.45) is 0. The minimum atomic E-state index is -0.491. The standard InChI is InChI=1S/C18H16FN3O2/c1-11-9-15(13-5-3-4-6-14(13)20-11)21-18(23)22-16-10-12(19)7-8-17(16)24-2/h3-10H,1-2H3,(H2,20,21,22,23). The highest BCUT2D eigenvalue weighted by atomic mass is 19.1. The van der Waals surface area contributed by atoms with Crippen molar-refractivity contribution < 1.29 is 13.9 Å². The van der Waals surface area contributed by atoms with Crippen molar-refractivity contribution in [3.8, 4) is 5.75 Å². The zero-order valence-electron chi connectivity index (χ0n) is 13.3. The van der Waals surface area contributed by atoms with Gasteiger partial charge in [0.15, 0.2) is 0 Å². The quantitative estimate of drug-likeness (QED) is 0.753. The number of fused-ring (bicyclic) bond motifs is 1. The minimum Gasteiger partial charge on any atom is -0.495 e. The van der Waals surface area contributed by atoms with Crippen LogP contribution in [0.3, 0.4) is 0 Å². The second kappa shape index (κ2) is 6.54. The monoisotopic (exact) mass is 325 g/mol. The van der Waals surface area contributed by atoms with Gasteiger partial charge in [0.05, 0.1) is 24.0 Å². The van der Waals surface area contributed by atoms with Crippen molar-refractivity contribution in [2.45, 2.75) is 6.92 Å². The van der Waals surface area contributed by atoms with Gasteiger partial charge in [0.1, 0.15) is 11.6 Å². The van der Waals surface area contributed by atoms with Gasteiger partial charge in [0.25, 0.3) is 0 Å². The number of para-hydroxylation sites is 1. The average molecular weight is 325 g/mol. The molecule has 3 rings (SSSR count). The summed E-state index contributed by atoms with van der Waals surface area (Å²) in [5.74, 6) is -0.0846. The number of carbonyl (C=O) groups is 1. The summed E-state index contributed by atoms with van der Waals surface area (Å²) in [4.78, 5) is 16.7. The van der Waals surface area contributed by atoms with Gasteiger partial charge in [-0.25, -0.2) is 9.18 Å². The summed E-state index contributed by atoms with van der Waals surface area (Å²) >= 11 is 0. The molecule has 0 aliphatic heterocycles. The molecule has 2 amide bonds. The molecule has 0 spiro atoms. The third kappa shape index (κ3) is 3.27. The number of nitrogens with one attached hydrogen (secondary N) is 2. The fraction of sp³-hybridized carbons (Fsp3) is 0.111. The highest BCUT2D eigenvalue weighted by molar-refractivity contribution is 6.06. The Bertz CT molecular complexity index is 912. The molecule has 0 saturated carbocycles. The first-order valence-electron chi connectivity index (χ1n) is 7.35.